The maximum Gasteiger partial charge on any atom is 0.183 e. The summed E-state index contributed by atoms with van der Waals surface area (Å²) in [5.41, 5.74) is 0. The lowest BCUT2D eigenvalue weighted by molar-refractivity contribution is 0.146. The molecule has 0 amide bonds. The number of allylic oxidation sites excluding steroid dienone is 2. The zero-order chi connectivity index (χ0) is 11.1. The van der Waals surface area contributed by atoms with E-state index in [9.17, 15) is 0 Å². The topological polar surface area (TPSA) is 18.5 Å². The average molecular weight is 228 g/mol. The van der Waals surface area contributed by atoms with E-state index in [2.05, 4.69) is 25.7 Å². The highest BCUT2D eigenvalue weighted by atomic mass is 28.4. The minimum absolute atomic E-state index is 0.718. The summed E-state index contributed by atoms with van der Waals surface area (Å²) < 4.78 is 11.5. The third-order valence-electron chi connectivity index (χ3n) is 2.41. The van der Waals surface area contributed by atoms with Gasteiger partial charge in [0.2, 0.25) is 0 Å². The lowest BCUT2D eigenvalue weighted by Gasteiger charge is -2.17. The highest BCUT2D eigenvalue weighted by Crippen LogP contribution is 2.17. The summed E-state index contributed by atoms with van der Waals surface area (Å²) in [7, 11) is -1.35. The lowest BCUT2D eigenvalue weighted by Crippen LogP contribution is -2.27. The van der Waals surface area contributed by atoms with E-state index in [-0.39, 0.29) is 0 Å². The Kier molecular flexibility index (Phi) is 5.40. The SMILES string of the molecule is C[Si](C)(C)OCCOC1=CCCCCC1. The van der Waals surface area contributed by atoms with Gasteiger partial charge in [-0.3, -0.25) is 0 Å². The fourth-order valence-corrected chi connectivity index (χ4v) is 2.33. The van der Waals surface area contributed by atoms with Crippen LogP contribution in [0.5, 0.6) is 0 Å². The second-order valence-corrected chi connectivity index (χ2v) is 9.59. The molecule has 0 N–H and O–H groups in total. The maximum atomic E-state index is 5.74. The van der Waals surface area contributed by atoms with Gasteiger partial charge in [0, 0.05) is 6.42 Å². The summed E-state index contributed by atoms with van der Waals surface area (Å²) in [6.45, 7) is 8.08. The molecule has 0 unspecified atom stereocenters. The van der Waals surface area contributed by atoms with E-state index in [1.54, 1.807) is 0 Å². The molecule has 0 spiro atoms. The van der Waals surface area contributed by atoms with Crippen molar-refractivity contribution in [3.05, 3.63) is 11.8 Å². The van der Waals surface area contributed by atoms with Crippen LogP contribution in [0, 0.1) is 0 Å². The standard InChI is InChI=1S/C12H24O2Si/c1-15(2,3)14-11-10-13-12-8-6-4-5-7-9-12/h8H,4-7,9-11H2,1-3H3. The zero-order valence-corrected chi connectivity index (χ0v) is 11.3. The van der Waals surface area contributed by atoms with Gasteiger partial charge >= 0.3 is 0 Å². The van der Waals surface area contributed by atoms with Gasteiger partial charge in [-0.15, -0.1) is 0 Å². The molecule has 0 radical (unpaired) electrons. The Morgan fingerprint density at radius 1 is 1.13 bits per heavy atom. The summed E-state index contributed by atoms with van der Waals surface area (Å²) in [4.78, 5) is 0. The van der Waals surface area contributed by atoms with Crippen molar-refractivity contribution in [2.75, 3.05) is 13.2 Å². The minimum Gasteiger partial charge on any atom is -0.496 e. The normalized spacial score (nSPS) is 18.2. The Bertz CT molecular complexity index is 206. The molecular weight excluding hydrogens is 204 g/mol. The largest absolute Gasteiger partial charge is 0.496 e. The fourth-order valence-electron chi connectivity index (χ4n) is 1.64. The van der Waals surface area contributed by atoms with Crippen LogP contribution in [0.2, 0.25) is 19.6 Å². The van der Waals surface area contributed by atoms with Crippen LogP contribution in [0.1, 0.15) is 32.1 Å². The summed E-state index contributed by atoms with van der Waals surface area (Å²) in [6.07, 6.45) is 8.49. The Morgan fingerprint density at radius 3 is 2.67 bits per heavy atom. The van der Waals surface area contributed by atoms with Gasteiger partial charge in [0.25, 0.3) is 0 Å². The predicted molar refractivity (Wildman–Crippen MR) is 66.4 cm³/mol. The van der Waals surface area contributed by atoms with E-state index in [4.69, 9.17) is 9.16 Å². The minimum atomic E-state index is -1.35. The van der Waals surface area contributed by atoms with E-state index in [1.165, 1.54) is 31.4 Å². The molecule has 0 saturated carbocycles. The van der Waals surface area contributed by atoms with E-state index in [0.29, 0.717) is 0 Å². The first-order valence-corrected chi connectivity index (χ1v) is 9.44. The molecule has 0 saturated heterocycles. The third kappa shape index (κ3) is 6.74. The third-order valence-corrected chi connectivity index (χ3v) is 3.48. The molecule has 2 nitrogen and oxygen atoms in total. The van der Waals surface area contributed by atoms with E-state index < -0.39 is 8.32 Å². The molecule has 3 heteroatoms. The molecule has 1 aliphatic rings. The first-order chi connectivity index (χ1) is 7.08. The summed E-state index contributed by atoms with van der Waals surface area (Å²) >= 11 is 0. The Balaban J connectivity index is 2.11. The monoisotopic (exact) mass is 228 g/mol. The first-order valence-electron chi connectivity index (χ1n) is 6.04. The molecule has 0 aromatic rings. The quantitative estimate of drug-likeness (QED) is 0.527. The van der Waals surface area contributed by atoms with Crippen LogP contribution in [0.4, 0.5) is 0 Å². The van der Waals surface area contributed by atoms with Crippen molar-refractivity contribution in [2.24, 2.45) is 0 Å². The van der Waals surface area contributed by atoms with Crippen LogP contribution in [0.3, 0.4) is 0 Å². The van der Waals surface area contributed by atoms with E-state index in [0.717, 1.165) is 19.6 Å². The number of hydrogen-bond acceptors (Lipinski definition) is 2. The van der Waals surface area contributed by atoms with Crippen molar-refractivity contribution < 1.29 is 9.16 Å². The van der Waals surface area contributed by atoms with Gasteiger partial charge in [0.1, 0.15) is 6.61 Å². The zero-order valence-electron chi connectivity index (χ0n) is 10.3. The molecule has 0 aliphatic heterocycles. The van der Waals surface area contributed by atoms with Crippen LogP contribution < -0.4 is 0 Å². The summed E-state index contributed by atoms with van der Waals surface area (Å²) in [5.74, 6) is 1.19. The van der Waals surface area contributed by atoms with Gasteiger partial charge in [-0.05, 0) is 45.0 Å². The highest BCUT2D eigenvalue weighted by Gasteiger charge is 2.13. The predicted octanol–water partition coefficient (Wildman–Crippen LogP) is 3.70. The molecule has 0 fully saturated rings. The van der Waals surface area contributed by atoms with Gasteiger partial charge in [-0.25, -0.2) is 0 Å². The lowest BCUT2D eigenvalue weighted by atomic mass is 10.2. The molecule has 0 aromatic carbocycles. The van der Waals surface area contributed by atoms with Crippen LogP contribution >= 0.6 is 0 Å². The molecule has 88 valence electrons. The van der Waals surface area contributed by atoms with Crippen molar-refractivity contribution in [1.82, 2.24) is 0 Å². The van der Waals surface area contributed by atoms with Crippen LogP contribution in [-0.4, -0.2) is 21.5 Å². The Labute approximate surface area is 94.8 Å². The summed E-state index contributed by atoms with van der Waals surface area (Å²) in [5, 5.41) is 0. The van der Waals surface area contributed by atoms with Gasteiger partial charge in [-0.1, -0.05) is 6.42 Å². The van der Waals surface area contributed by atoms with Gasteiger partial charge in [0.05, 0.1) is 12.4 Å². The molecule has 15 heavy (non-hydrogen) atoms. The molecule has 1 aliphatic carbocycles. The first kappa shape index (κ1) is 12.8. The Hall–Kier alpha value is -0.283. The smallest absolute Gasteiger partial charge is 0.183 e. The van der Waals surface area contributed by atoms with Gasteiger partial charge in [-0.2, -0.15) is 0 Å². The number of ether oxygens (including phenoxy) is 1. The van der Waals surface area contributed by atoms with Gasteiger partial charge < -0.3 is 9.16 Å². The van der Waals surface area contributed by atoms with Crippen LogP contribution in [-0.2, 0) is 9.16 Å². The van der Waals surface area contributed by atoms with Crippen molar-refractivity contribution in [3.8, 4) is 0 Å². The highest BCUT2D eigenvalue weighted by molar-refractivity contribution is 6.69. The average Bonchev–Trinajstić information content (AvgIpc) is 2.39. The van der Waals surface area contributed by atoms with Gasteiger partial charge in [0.15, 0.2) is 8.32 Å². The second kappa shape index (κ2) is 6.33. The second-order valence-electron chi connectivity index (χ2n) is 5.08. The number of rotatable bonds is 5. The molecule has 0 bridgehead atoms. The molecule has 0 heterocycles. The van der Waals surface area contributed by atoms with Crippen molar-refractivity contribution in [1.29, 1.82) is 0 Å². The summed E-state index contributed by atoms with van der Waals surface area (Å²) in [6, 6.07) is 0. The van der Waals surface area contributed by atoms with Crippen molar-refractivity contribution in [2.45, 2.75) is 51.7 Å². The van der Waals surface area contributed by atoms with Crippen LogP contribution in [0.25, 0.3) is 0 Å². The molecule has 0 aromatic heterocycles. The van der Waals surface area contributed by atoms with E-state index in [1.807, 2.05) is 0 Å². The fraction of sp³-hybridized carbons (Fsp3) is 0.833. The van der Waals surface area contributed by atoms with E-state index >= 15 is 0 Å². The van der Waals surface area contributed by atoms with Crippen molar-refractivity contribution in [3.63, 3.8) is 0 Å². The number of hydrogen-bond donors (Lipinski definition) is 0. The maximum absolute atomic E-state index is 5.74. The molecule has 0 atom stereocenters. The van der Waals surface area contributed by atoms with Crippen LogP contribution in [0.15, 0.2) is 11.8 Å². The molecule has 1 rings (SSSR count). The molecular formula is C12H24O2Si. The Morgan fingerprint density at radius 2 is 1.93 bits per heavy atom. The van der Waals surface area contributed by atoms with Crippen molar-refractivity contribution >= 4 is 8.32 Å².